The predicted octanol–water partition coefficient (Wildman–Crippen LogP) is 3.16. The second-order valence-electron chi connectivity index (χ2n) is 5.85. The minimum Gasteiger partial charge on any atom is -0.381 e. The first-order chi connectivity index (χ1) is 9.74. The van der Waals surface area contributed by atoms with Gasteiger partial charge in [0.2, 0.25) is 5.91 Å². The molecular weight excluding hydrogens is 318 g/mol. The maximum absolute atomic E-state index is 12.4. The van der Waals surface area contributed by atoms with E-state index in [0.717, 1.165) is 50.0 Å². The van der Waals surface area contributed by atoms with E-state index in [4.69, 9.17) is 4.74 Å². The lowest BCUT2D eigenvalue weighted by molar-refractivity contribution is -0.119. The molecule has 0 spiro atoms. The topological polar surface area (TPSA) is 29.5 Å². The number of hydrogen-bond donors (Lipinski definition) is 0. The van der Waals surface area contributed by atoms with Gasteiger partial charge in [0.25, 0.3) is 0 Å². The second-order valence-corrected chi connectivity index (χ2v) is 6.42. The van der Waals surface area contributed by atoms with E-state index in [1.807, 2.05) is 11.0 Å². The maximum atomic E-state index is 12.4. The number of amides is 1. The van der Waals surface area contributed by atoms with Gasteiger partial charge in [0, 0.05) is 42.6 Å². The van der Waals surface area contributed by atoms with Crippen molar-refractivity contribution in [3.05, 3.63) is 29.8 Å². The summed E-state index contributed by atoms with van der Waals surface area (Å²) in [6.45, 7) is 2.40. The van der Waals surface area contributed by atoms with Crippen LogP contribution >= 0.6 is 15.9 Å². The number of halogens is 1. The molecule has 3 rings (SSSR count). The van der Waals surface area contributed by atoms with Gasteiger partial charge in [-0.05, 0) is 30.9 Å². The van der Waals surface area contributed by atoms with Crippen LogP contribution in [-0.2, 0) is 16.0 Å². The Morgan fingerprint density at radius 1 is 1.20 bits per heavy atom. The van der Waals surface area contributed by atoms with Crippen molar-refractivity contribution < 1.29 is 9.53 Å². The van der Waals surface area contributed by atoms with Crippen LogP contribution in [0, 0.1) is 5.41 Å². The van der Waals surface area contributed by atoms with Crippen LogP contribution in [-0.4, -0.2) is 31.0 Å². The van der Waals surface area contributed by atoms with Crippen molar-refractivity contribution in [1.82, 2.24) is 0 Å². The predicted molar refractivity (Wildman–Crippen MR) is 83.4 cm³/mol. The molecule has 0 aliphatic carbocycles. The number of carbonyl (C=O) groups excluding carboxylic acids is 1. The third-order valence-electron chi connectivity index (χ3n) is 4.52. The highest BCUT2D eigenvalue weighted by molar-refractivity contribution is 9.09. The Morgan fingerprint density at radius 3 is 2.70 bits per heavy atom. The Bertz CT molecular complexity index is 497. The van der Waals surface area contributed by atoms with Crippen molar-refractivity contribution in [1.29, 1.82) is 0 Å². The number of rotatable bonds is 3. The number of fused-ring (bicyclic) bond motifs is 1. The molecule has 2 heterocycles. The van der Waals surface area contributed by atoms with Crippen LogP contribution in [0.4, 0.5) is 5.69 Å². The van der Waals surface area contributed by atoms with Gasteiger partial charge in [-0.3, -0.25) is 4.79 Å². The van der Waals surface area contributed by atoms with Gasteiger partial charge in [-0.25, -0.2) is 0 Å². The Hall–Kier alpha value is -0.870. The highest BCUT2D eigenvalue weighted by Gasteiger charge is 2.36. The monoisotopic (exact) mass is 337 g/mol. The Kier molecular flexibility index (Phi) is 4.13. The number of aryl methyl sites for hydroxylation is 1. The molecule has 1 saturated heterocycles. The summed E-state index contributed by atoms with van der Waals surface area (Å²) in [5, 5.41) is 0.926. The normalized spacial score (nSPS) is 21.6. The quantitative estimate of drug-likeness (QED) is 0.793. The Morgan fingerprint density at radius 2 is 1.95 bits per heavy atom. The van der Waals surface area contributed by atoms with Crippen LogP contribution in [0.1, 0.15) is 24.8 Å². The molecule has 4 heteroatoms. The highest BCUT2D eigenvalue weighted by atomic mass is 79.9. The van der Waals surface area contributed by atoms with Crippen LogP contribution in [0.25, 0.3) is 0 Å². The number of anilines is 1. The molecular formula is C16H20BrNO2. The van der Waals surface area contributed by atoms with Gasteiger partial charge in [0.15, 0.2) is 0 Å². The molecule has 0 saturated carbocycles. The van der Waals surface area contributed by atoms with E-state index in [2.05, 4.69) is 34.1 Å². The van der Waals surface area contributed by atoms with Gasteiger partial charge in [0.05, 0.1) is 0 Å². The van der Waals surface area contributed by atoms with Gasteiger partial charge >= 0.3 is 0 Å². The van der Waals surface area contributed by atoms with Gasteiger partial charge in [-0.1, -0.05) is 34.1 Å². The molecule has 2 aliphatic rings. The third-order valence-corrected chi connectivity index (χ3v) is 5.71. The van der Waals surface area contributed by atoms with E-state index in [9.17, 15) is 4.79 Å². The zero-order valence-electron chi connectivity index (χ0n) is 11.6. The summed E-state index contributed by atoms with van der Waals surface area (Å²) in [6.07, 6.45) is 3.54. The molecule has 0 aromatic heterocycles. The van der Waals surface area contributed by atoms with Crippen molar-refractivity contribution in [3.63, 3.8) is 0 Å². The van der Waals surface area contributed by atoms with Gasteiger partial charge in [0.1, 0.15) is 0 Å². The third kappa shape index (κ3) is 2.63. The van der Waals surface area contributed by atoms with E-state index in [-0.39, 0.29) is 11.3 Å². The fourth-order valence-electron chi connectivity index (χ4n) is 3.14. The SMILES string of the molecule is O=C1CCc2ccccc2N1CC1(CBr)CCOCC1. The molecule has 20 heavy (non-hydrogen) atoms. The van der Waals surface area contributed by atoms with E-state index < -0.39 is 0 Å². The number of nitrogens with zero attached hydrogens (tertiary/aromatic N) is 1. The van der Waals surface area contributed by atoms with Crippen molar-refractivity contribution in [3.8, 4) is 0 Å². The smallest absolute Gasteiger partial charge is 0.227 e. The molecule has 3 nitrogen and oxygen atoms in total. The molecule has 0 unspecified atom stereocenters. The lowest BCUT2D eigenvalue weighted by Crippen LogP contribution is -2.47. The zero-order chi connectivity index (χ0) is 14.0. The Balaban J connectivity index is 1.87. The summed E-state index contributed by atoms with van der Waals surface area (Å²) in [7, 11) is 0. The summed E-state index contributed by atoms with van der Waals surface area (Å²) >= 11 is 3.66. The van der Waals surface area contributed by atoms with E-state index in [1.54, 1.807) is 0 Å². The van der Waals surface area contributed by atoms with Crippen molar-refractivity contribution in [2.24, 2.45) is 5.41 Å². The standard InChI is InChI=1S/C16H20BrNO2/c17-11-16(7-9-20-10-8-16)12-18-14-4-2-1-3-13(14)5-6-15(18)19/h1-4H,5-12H2. The largest absolute Gasteiger partial charge is 0.381 e. The van der Waals surface area contributed by atoms with Crippen LogP contribution in [0.15, 0.2) is 24.3 Å². The van der Waals surface area contributed by atoms with Crippen LogP contribution in [0.2, 0.25) is 0 Å². The first kappa shape index (κ1) is 14.1. The molecule has 2 aliphatic heterocycles. The molecule has 0 atom stereocenters. The van der Waals surface area contributed by atoms with Crippen LogP contribution in [0.5, 0.6) is 0 Å². The van der Waals surface area contributed by atoms with Crippen molar-refractivity contribution in [2.45, 2.75) is 25.7 Å². The summed E-state index contributed by atoms with van der Waals surface area (Å²) in [4.78, 5) is 14.4. The number of alkyl halides is 1. The fraction of sp³-hybridized carbons (Fsp3) is 0.562. The van der Waals surface area contributed by atoms with Crippen molar-refractivity contribution in [2.75, 3.05) is 30.0 Å². The van der Waals surface area contributed by atoms with E-state index in [1.165, 1.54) is 5.56 Å². The molecule has 1 amide bonds. The summed E-state index contributed by atoms with van der Waals surface area (Å²) in [5.74, 6) is 0.260. The Labute approximate surface area is 128 Å². The summed E-state index contributed by atoms with van der Waals surface area (Å²) in [5.41, 5.74) is 2.55. The minimum absolute atomic E-state index is 0.151. The van der Waals surface area contributed by atoms with E-state index in [0.29, 0.717) is 6.42 Å². The summed E-state index contributed by atoms with van der Waals surface area (Å²) < 4.78 is 5.49. The highest BCUT2D eigenvalue weighted by Crippen LogP contribution is 2.37. The van der Waals surface area contributed by atoms with Gasteiger partial charge < -0.3 is 9.64 Å². The zero-order valence-corrected chi connectivity index (χ0v) is 13.2. The molecule has 1 aromatic rings. The fourth-order valence-corrected chi connectivity index (χ4v) is 3.88. The minimum atomic E-state index is 0.151. The molecule has 108 valence electrons. The van der Waals surface area contributed by atoms with Gasteiger partial charge in [-0.15, -0.1) is 0 Å². The number of carbonyl (C=O) groups is 1. The molecule has 1 fully saturated rings. The number of benzene rings is 1. The lowest BCUT2D eigenvalue weighted by atomic mass is 9.81. The first-order valence-electron chi connectivity index (χ1n) is 7.26. The van der Waals surface area contributed by atoms with E-state index >= 15 is 0 Å². The second kappa shape index (κ2) is 5.86. The molecule has 1 aromatic carbocycles. The average Bonchev–Trinajstić information content (AvgIpc) is 2.51. The lowest BCUT2D eigenvalue weighted by Gasteiger charge is -2.41. The van der Waals surface area contributed by atoms with Crippen molar-refractivity contribution >= 4 is 27.5 Å². The molecule has 0 bridgehead atoms. The van der Waals surface area contributed by atoms with Gasteiger partial charge in [-0.2, -0.15) is 0 Å². The number of para-hydroxylation sites is 1. The van der Waals surface area contributed by atoms with Crippen LogP contribution < -0.4 is 4.90 Å². The summed E-state index contributed by atoms with van der Waals surface area (Å²) in [6, 6.07) is 8.30. The molecule has 0 radical (unpaired) electrons. The maximum Gasteiger partial charge on any atom is 0.227 e. The average molecular weight is 338 g/mol. The first-order valence-corrected chi connectivity index (χ1v) is 8.38. The van der Waals surface area contributed by atoms with Crippen LogP contribution in [0.3, 0.4) is 0 Å². The number of ether oxygens (including phenoxy) is 1. The molecule has 0 N–H and O–H groups in total. The number of hydrogen-bond acceptors (Lipinski definition) is 2.